The van der Waals surface area contributed by atoms with E-state index >= 15 is 0 Å². The maximum absolute atomic E-state index is 8.80. The van der Waals surface area contributed by atoms with Gasteiger partial charge >= 0.3 is 0 Å². The molecule has 0 N–H and O–H groups in total. The van der Waals surface area contributed by atoms with E-state index in [9.17, 15) is 0 Å². The first kappa shape index (κ1) is 19.0. The third-order valence-electron chi connectivity index (χ3n) is 7.74. The second-order valence-electron chi connectivity index (χ2n) is 10.2. The number of hydrogen-bond donors (Lipinski definition) is 0. The molecule has 2 nitrogen and oxygen atoms in total. The van der Waals surface area contributed by atoms with Gasteiger partial charge in [0.1, 0.15) is 0 Å². The molecule has 7 aromatic carbocycles. The molecule has 8 rings (SSSR count). The summed E-state index contributed by atoms with van der Waals surface area (Å²) < 4.78 is 59.3. The Morgan fingerprint density at radius 1 is 0.442 bits per heavy atom. The molecule has 0 unspecified atom stereocenters. The molecule has 0 fully saturated rings. The van der Waals surface area contributed by atoms with Crippen LogP contribution in [0.5, 0.6) is 0 Å². The Bertz CT molecular complexity index is 2700. The Hall–Kier alpha value is -5.31. The van der Waals surface area contributed by atoms with Crippen LogP contribution in [0.25, 0.3) is 77.1 Å². The maximum atomic E-state index is 8.80. The van der Waals surface area contributed by atoms with Crippen molar-refractivity contribution < 1.29 is 9.60 Å². The largest absolute Gasteiger partial charge is 0.223 e. The summed E-state index contributed by atoms with van der Waals surface area (Å²) in [5.74, 6) is 0. The predicted molar refractivity (Wildman–Crippen MR) is 181 cm³/mol. The van der Waals surface area contributed by atoms with E-state index in [1.807, 2.05) is 42.5 Å². The normalized spacial score (nSPS) is 13.7. The van der Waals surface area contributed by atoms with Gasteiger partial charge in [0, 0.05) is 11.1 Å². The average molecular weight is 576 g/mol. The molecule has 0 aliphatic rings. The zero-order chi connectivity index (χ0) is 34.8. The molecule has 0 aliphatic carbocycles. The van der Waals surface area contributed by atoms with Gasteiger partial charge in [0.15, 0.2) is 0 Å². The van der Waals surface area contributed by atoms with E-state index in [1.54, 1.807) is 18.2 Å². The molecule has 8 aromatic rings. The lowest BCUT2D eigenvalue weighted by Gasteiger charge is -2.14. The molecule has 0 saturated heterocycles. The summed E-state index contributed by atoms with van der Waals surface area (Å²) in [7, 11) is 0. The first-order chi connectivity index (χ1) is 24.1. The molecule has 0 atom stereocenters. The number of rotatable bonds is 4. The van der Waals surface area contributed by atoms with Gasteiger partial charge in [-0.1, -0.05) is 139 Å². The number of hydrogen-bond acceptors (Lipinski definition) is 2. The monoisotopic (exact) mass is 575 g/mol. The molecule has 1 aromatic heterocycles. The van der Waals surface area contributed by atoms with Gasteiger partial charge in [0.25, 0.3) is 0 Å². The Labute approximate surface area is 264 Å². The van der Waals surface area contributed by atoms with Crippen molar-refractivity contribution in [2.75, 3.05) is 0 Å². The Kier molecular flexibility index (Phi) is 4.64. The van der Waals surface area contributed by atoms with Gasteiger partial charge in [-0.05, 0) is 78.3 Å². The van der Waals surface area contributed by atoms with Crippen LogP contribution in [0.3, 0.4) is 0 Å². The molecule has 0 amide bonds. The summed E-state index contributed by atoms with van der Waals surface area (Å²) in [4.78, 5) is 9.16. The molecule has 202 valence electrons. The van der Waals surface area contributed by atoms with Gasteiger partial charge in [-0.15, -0.1) is 0 Å². The fraction of sp³-hybridized carbons (Fsp3) is 0. The Morgan fingerprint density at radius 3 is 1.98 bits per heavy atom. The molecule has 43 heavy (non-hydrogen) atoms. The van der Waals surface area contributed by atoms with Crippen molar-refractivity contribution in [1.82, 2.24) is 9.97 Å². The van der Waals surface area contributed by atoms with E-state index in [1.165, 1.54) is 0 Å². The summed E-state index contributed by atoms with van der Waals surface area (Å²) in [5, 5.41) is 4.34. The van der Waals surface area contributed by atoms with Crippen LogP contribution < -0.4 is 0 Å². The molecule has 0 bridgehead atoms. The van der Waals surface area contributed by atoms with Gasteiger partial charge in [-0.2, -0.15) is 0 Å². The van der Waals surface area contributed by atoms with Crippen molar-refractivity contribution >= 4 is 43.9 Å². The average Bonchev–Trinajstić information content (AvgIpc) is 3.14. The third kappa shape index (κ3) is 4.53. The van der Waals surface area contributed by atoms with Gasteiger partial charge in [0.05, 0.1) is 21.0 Å². The van der Waals surface area contributed by atoms with Crippen molar-refractivity contribution in [3.8, 4) is 44.8 Å². The molecule has 1 heterocycles. The molecule has 0 spiro atoms. The predicted octanol–water partition coefficient (Wildman–Crippen LogP) is 11.3. The zero-order valence-corrected chi connectivity index (χ0v) is 23.4. The fourth-order valence-electron chi connectivity index (χ4n) is 5.80. The van der Waals surface area contributed by atoms with E-state index in [-0.39, 0.29) is 33.7 Å². The van der Waals surface area contributed by atoms with Crippen molar-refractivity contribution in [3.63, 3.8) is 0 Å². The van der Waals surface area contributed by atoms with Gasteiger partial charge in [0.2, 0.25) is 5.28 Å². The van der Waals surface area contributed by atoms with Gasteiger partial charge in [-0.3, -0.25) is 0 Å². The van der Waals surface area contributed by atoms with Gasteiger partial charge in [-0.25, -0.2) is 9.97 Å². The Morgan fingerprint density at radius 2 is 1.07 bits per heavy atom. The summed E-state index contributed by atoms with van der Waals surface area (Å²) in [6.07, 6.45) is 0. The smallest absolute Gasteiger partial charge is 0.218 e. The number of aromatic nitrogens is 2. The SMILES string of the molecule is [2H]c1c([2H])c([2H])c2c(-c3cccc(-c4cc(-c5cccc6c(-c7cccc8ccccc78)cccc56)nc(Cl)n4)c3)c([2H])c([2H])c([2H])c2c1[2H]. The van der Waals surface area contributed by atoms with Crippen molar-refractivity contribution in [1.29, 1.82) is 0 Å². The van der Waals surface area contributed by atoms with Crippen molar-refractivity contribution in [2.45, 2.75) is 0 Å². The van der Waals surface area contributed by atoms with E-state index in [4.69, 9.17) is 21.2 Å². The highest BCUT2D eigenvalue weighted by Gasteiger charge is 2.14. The highest BCUT2D eigenvalue weighted by molar-refractivity contribution is 6.28. The second kappa shape index (κ2) is 10.5. The summed E-state index contributed by atoms with van der Waals surface area (Å²) in [6, 6.07) is 33.0. The van der Waals surface area contributed by atoms with Gasteiger partial charge < -0.3 is 0 Å². The van der Waals surface area contributed by atoms with Crippen LogP contribution in [-0.4, -0.2) is 9.97 Å². The minimum absolute atomic E-state index is 0.0262. The van der Waals surface area contributed by atoms with Crippen LogP contribution in [0.15, 0.2) is 151 Å². The topological polar surface area (TPSA) is 25.8 Å². The number of halogens is 1. The molecule has 0 radical (unpaired) electrons. The fourth-order valence-corrected chi connectivity index (χ4v) is 5.98. The highest BCUT2D eigenvalue weighted by Crippen LogP contribution is 2.38. The summed E-state index contributed by atoms with van der Waals surface area (Å²) in [5.41, 5.74) is 5.42. The van der Waals surface area contributed by atoms with Crippen LogP contribution >= 0.6 is 11.6 Å². The van der Waals surface area contributed by atoms with Crippen LogP contribution in [0.4, 0.5) is 0 Å². The number of benzene rings is 7. The lowest BCUT2D eigenvalue weighted by Crippen LogP contribution is -1.94. The standard InChI is InChI=1S/C40H25ClN2/c41-40-42-38(29-15-5-14-28(24-29)32-18-6-12-26-10-1-3-16-30(26)32)25-39(43-40)37-23-9-21-35-34(20-8-22-36(35)37)33-19-7-13-27-11-2-4-17-31(27)33/h1-25H/i1D,3D,6D,10D,12D,16D,18D. The first-order valence-electron chi connectivity index (χ1n) is 17.3. The van der Waals surface area contributed by atoms with Crippen molar-refractivity contribution in [3.05, 3.63) is 157 Å². The van der Waals surface area contributed by atoms with Crippen molar-refractivity contribution in [2.24, 2.45) is 0 Å². The minimum Gasteiger partial charge on any atom is -0.218 e. The van der Waals surface area contributed by atoms with E-state index < -0.39 is 30.2 Å². The zero-order valence-electron chi connectivity index (χ0n) is 29.7. The van der Waals surface area contributed by atoms with Crippen LogP contribution in [-0.2, 0) is 0 Å². The number of nitrogens with zero attached hydrogens (tertiary/aromatic N) is 2. The minimum atomic E-state index is -0.492. The molecule has 0 saturated carbocycles. The Balaban J connectivity index is 1.29. The first-order valence-corrected chi connectivity index (χ1v) is 14.2. The summed E-state index contributed by atoms with van der Waals surface area (Å²) in [6.45, 7) is 0. The van der Waals surface area contributed by atoms with E-state index in [0.717, 1.165) is 38.2 Å². The maximum Gasteiger partial charge on any atom is 0.223 e. The highest BCUT2D eigenvalue weighted by atomic mass is 35.5. The second-order valence-corrected chi connectivity index (χ2v) is 10.6. The van der Waals surface area contributed by atoms with E-state index in [0.29, 0.717) is 22.5 Å². The quantitative estimate of drug-likeness (QED) is 0.195. The number of fused-ring (bicyclic) bond motifs is 3. The van der Waals surface area contributed by atoms with Crippen LogP contribution in [0.1, 0.15) is 9.60 Å². The van der Waals surface area contributed by atoms with E-state index in [2.05, 4.69) is 58.5 Å². The lowest BCUT2D eigenvalue weighted by atomic mass is 9.91. The van der Waals surface area contributed by atoms with Crippen LogP contribution in [0, 0.1) is 0 Å². The lowest BCUT2D eigenvalue weighted by molar-refractivity contribution is 1.18. The summed E-state index contributed by atoms with van der Waals surface area (Å²) >= 11 is 6.58. The van der Waals surface area contributed by atoms with Crippen LogP contribution in [0.2, 0.25) is 5.28 Å². The molecule has 0 aliphatic heterocycles. The molecule has 3 heteroatoms. The third-order valence-corrected chi connectivity index (χ3v) is 7.91. The molecular weight excluding hydrogens is 544 g/mol. The molecular formula is C40H25ClN2.